The molecule has 1 atom stereocenters. The van der Waals surface area contributed by atoms with Gasteiger partial charge in [-0.3, -0.25) is 4.79 Å². The molecule has 0 aliphatic carbocycles. The summed E-state index contributed by atoms with van der Waals surface area (Å²) in [6, 6.07) is 1.99. The Labute approximate surface area is 95.6 Å². The van der Waals surface area contributed by atoms with Crippen LogP contribution in [0, 0.1) is 6.92 Å². The first-order valence-electron chi connectivity index (χ1n) is 4.43. The molecule has 2 rings (SSSR count). The van der Waals surface area contributed by atoms with Gasteiger partial charge in [-0.15, -0.1) is 22.7 Å². The third kappa shape index (κ3) is 1.93. The molecule has 5 heteroatoms. The summed E-state index contributed by atoms with van der Waals surface area (Å²) in [6.07, 6.45) is 1.69. The molecule has 0 fully saturated rings. The second-order valence-corrected chi connectivity index (χ2v) is 5.05. The van der Waals surface area contributed by atoms with Gasteiger partial charge in [0, 0.05) is 16.5 Å². The molecule has 3 nitrogen and oxygen atoms in total. The van der Waals surface area contributed by atoms with E-state index in [1.54, 1.807) is 17.5 Å². The molecular formula is C10H10N2OS2. The lowest BCUT2D eigenvalue weighted by molar-refractivity contribution is -0.118. The highest BCUT2D eigenvalue weighted by Crippen LogP contribution is 2.32. The van der Waals surface area contributed by atoms with E-state index in [0.29, 0.717) is 0 Å². The SMILES string of the molecule is Cc1ccsc1C(C(N)=O)c1nccs1. The number of hydrogen-bond donors (Lipinski definition) is 1. The first-order chi connectivity index (χ1) is 7.20. The highest BCUT2D eigenvalue weighted by atomic mass is 32.1. The molecule has 1 amide bonds. The van der Waals surface area contributed by atoms with Crippen molar-refractivity contribution in [3.63, 3.8) is 0 Å². The molecule has 0 aromatic carbocycles. The molecule has 0 aliphatic rings. The minimum absolute atomic E-state index is 0.337. The van der Waals surface area contributed by atoms with Crippen LogP contribution in [0.3, 0.4) is 0 Å². The molecule has 0 spiro atoms. The number of nitrogens with zero attached hydrogens (tertiary/aromatic N) is 1. The summed E-state index contributed by atoms with van der Waals surface area (Å²) < 4.78 is 0. The third-order valence-corrected chi connectivity index (χ3v) is 4.07. The Morgan fingerprint density at radius 1 is 1.47 bits per heavy atom. The van der Waals surface area contributed by atoms with Crippen molar-refractivity contribution >= 4 is 28.6 Å². The first-order valence-corrected chi connectivity index (χ1v) is 6.18. The molecule has 0 bridgehead atoms. The zero-order valence-electron chi connectivity index (χ0n) is 8.14. The predicted molar refractivity (Wildman–Crippen MR) is 62.2 cm³/mol. The summed E-state index contributed by atoms with van der Waals surface area (Å²) in [7, 11) is 0. The van der Waals surface area contributed by atoms with Crippen LogP contribution in [-0.4, -0.2) is 10.9 Å². The summed E-state index contributed by atoms with van der Waals surface area (Å²) in [5.41, 5.74) is 6.52. The predicted octanol–water partition coefficient (Wildman–Crippen LogP) is 2.13. The fraction of sp³-hybridized carbons (Fsp3) is 0.200. The smallest absolute Gasteiger partial charge is 0.232 e. The third-order valence-electron chi connectivity index (χ3n) is 2.15. The van der Waals surface area contributed by atoms with E-state index in [4.69, 9.17) is 5.73 Å². The molecule has 2 aromatic rings. The van der Waals surface area contributed by atoms with E-state index in [1.165, 1.54) is 11.3 Å². The van der Waals surface area contributed by atoms with Gasteiger partial charge in [0.05, 0.1) is 0 Å². The molecule has 0 radical (unpaired) electrons. The van der Waals surface area contributed by atoms with E-state index in [1.807, 2.05) is 23.8 Å². The van der Waals surface area contributed by atoms with Gasteiger partial charge in [-0.25, -0.2) is 4.98 Å². The fourth-order valence-electron chi connectivity index (χ4n) is 1.42. The maximum Gasteiger partial charge on any atom is 0.232 e. The highest BCUT2D eigenvalue weighted by Gasteiger charge is 2.25. The van der Waals surface area contributed by atoms with Gasteiger partial charge in [-0.1, -0.05) is 0 Å². The molecule has 2 heterocycles. The van der Waals surface area contributed by atoms with E-state index >= 15 is 0 Å². The lowest BCUT2D eigenvalue weighted by Crippen LogP contribution is -2.22. The summed E-state index contributed by atoms with van der Waals surface area (Å²) >= 11 is 3.01. The molecule has 2 aromatic heterocycles. The number of carbonyl (C=O) groups excluding carboxylic acids is 1. The first kappa shape index (κ1) is 10.3. The van der Waals surface area contributed by atoms with Gasteiger partial charge in [0.2, 0.25) is 5.91 Å². The molecular weight excluding hydrogens is 228 g/mol. The quantitative estimate of drug-likeness (QED) is 0.890. The Hall–Kier alpha value is -1.20. The Morgan fingerprint density at radius 3 is 2.73 bits per heavy atom. The molecule has 0 saturated carbocycles. The van der Waals surface area contributed by atoms with E-state index in [-0.39, 0.29) is 11.8 Å². The maximum absolute atomic E-state index is 11.4. The van der Waals surface area contributed by atoms with Crippen molar-refractivity contribution in [1.82, 2.24) is 4.98 Å². The lowest BCUT2D eigenvalue weighted by atomic mass is 10.1. The van der Waals surface area contributed by atoms with Gasteiger partial charge in [-0.2, -0.15) is 0 Å². The van der Waals surface area contributed by atoms with Crippen molar-refractivity contribution in [3.8, 4) is 0 Å². The summed E-state index contributed by atoms with van der Waals surface area (Å²) in [4.78, 5) is 16.6. The summed E-state index contributed by atoms with van der Waals surface area (Å²) in [5.74, 6) is -0.722. The van der Waals surface area contributed by atoms with Crippen LogP contribution in [0.1, 0.15) is 21.4 Å². The van der Waals surface area contributed by atoms with Crippen LogP contribution in [0.2, 0.25) is 0 Å². The molecule has 15 heavy (non-hydrogen) atoms. The fourth-order valence-corrected chi connectivity index (χ4v) is 3.28. The zero-order chi connectivity index (χ0) is 10.8. The van der Waals surface area contributed by atoms with Crippen molar-refractivity contribution in [3.05, 3.63) is 38.5 Å². The molecule has 2 N–H and O–H groups in total. The minimum Gasteiger partial charge on any atom is -0.369 e. The average molecular weight is 238 g/mol. The number of aryl methyl sites for hydroxylation is 1. The van der Waals surface area contributed by atoms with Crippen LogP contribution in [-0.2, 0) is 4.79 Å². The second kappa shape index (κ2) is 4.12. The van der Waals surface area contributed by atoms with Gasteiger partial charge < -0.3 is 5.73 Å². The van der Waals surface area contributed by atoms with Gasteiger partial charge in [-0.05, 0) is 23.9 Å². The average Bonchev–Trinajstić information content (AvgIpc) is 2.79. The normalized spacial score (nSPS) is 12.6. The van der Waals surface area contributed by atoms with Crippen LogP contribution >= 0.6 is 22.7 Å². The van der Waals surface area contributed by atoms with Crippen LogP contribution in [0.25, 0.3) is 0 Å². The van der Waals surface area contributed by atoms with Gasteiger partial charge in [0.1, 0.15) is 10.9 Å². The largest absolute Gasteiger partial charge is 0.369 e. The summed E-state index contributed by atoms with van der Waals surface area (Å²) in [5, 5.41) is 4.59. The Bertz CT molecular complexity index is 461. The number of thiophene rings is 1. The Balaban J connectivity index is 2.46. The van der Waals surface area contributed by atoms with E-state index in [9.17, 15) is 4.79 Å². The van der Waals surface area contributed by atoms with E-state index < -0.39 is 0 Å². The van der Waals surface area contributed by atoms with Crippen molar-refractivity contribution in [2.45, 2.75) is 12.8 Å². The van der Waals surface area contributed by atoms with Gasteiger partial charge in [0.15, 0.2) is 0 Å². The minimum atomic E-state index is -0.384. The number of carbonyl (C=O) groups is 1. The van der Waals surface area contributed by atoms with Crippen LogP contribution in [0.15, 0.2) is 23.0 Å². The molecule has 0 saturated heterocycles. The number of thiazole rings is 1. The van der Waals surface area contributed by atoms with Crippen molar-refractivity contribution < 1.29 is 4.79 Å². The Morgan fingerprint density at radius 2 is 2.27 bits per heavy atom. The second-order valence-electron chi connectivity index (χ2n) is 3.17. The lowest BCUT2D eigenvalue weighted by Gasteiger charge is -2.09. The highest BCUT2D eigenvalue weighted by molar-refractivity contribution is 7.11. The van der Waals surface area contributed by atoms with Gasteiger partial charge >= 0.3 is 0 Å². The molecule has 1 unspecified atom stereocenters. The Kier molecular flexibility index (Phi) is 2.83. The number of amides is 1. The number of primary amides is 1. The molecule has 78 valence electrons. The van der Waals surface area contributed by atoms with Crippen molar-refractivity contribution in [1.29, 1.82) is 0 Å². The number of rotatable bonds is 3. The maximum atomic E-state index is 11.4. The van der Waals surface area contributed by atoms with E-state index in [0.717, 1.165) is 15.4 Å². The van der Waals surface area contributed by atoms with Crippen molar-refractivity contribution in [2.24, 2.45) is 5.73 Å². The van der Waals surface area contributed by atoms with Crippen LogP contribution in [0.4, 0.5) is 0 Å². The van der Waals surface area contributed by atoms with Crippen LogP contribution in [0.5, 0.6) is 0 Å². The number of hydrogen-bond acceptors (Lipinski definition) is 4. The molecule has 0 aliphatic heterocycles. The monoisotopic (exact) mass is 238 g/mol. The van der Waals surface area contributed by atoms with Crippen molar-refractivity contribution in [2.75, 3.05) is 0 Å². The topological polar surface area (TPSA) is 56.0 Å². The summed E-state index contributed by atoms with van der Waals surface area (Å²) in [6.45, 7) is 1.98. The van der Waals surface area contributed by atoms with Gasteiger partial charge in [0.25, 0.3) is 0 Å². The van der Waals surface area contributed by atoms with Crippen LogP contribution < -0.4 is 5.73 Å². The number of nitrogens with two attached hydrogens (primary N) is 1. The standard InChI is InChI=1S/C10H10N2OS2/c1-6-2-4-14-8(6)7(9(11)13)10-12-3-5-15-10/h2-5,7H,1H3,(H2,11,13). The number of aromatic nitrogens is 1. The zero-order valence-corrected chi connectivity index (χ0v) is 9.77. The van der Waals surface area contributed by atoms with E-state index in [2.05, 4.69) is 4.98 Å².